The highest BCUT2D eigenvalue weighted by Gasteiger charge is 2.15. The third kappa shape index (κ3) is 7.11. The Labute approximate surface area is 178 Å². The van der Waals surface area contributed by atoms with Crippen LogP contribution in [0.4, 0.5) is 5.69 Å². The Morgan fingerprint density at radius 2 is 1.89 bits per heavy atom. The minimum atomic E-state index is -0.255. The summed E-state index contributed by atoms with van der Waals surface area (Å²) in [5.41, 5.74) is 8.74. The summed E-state index contributed by atoms with van der Waals surface area (Å²) in [6.45, 7) is 4.40. The summed E-state index contributed by atoms with van der Waals surface area (Å²) in [5.74, 6) is 0.146. The summed E-state index contributed by atoms with van der Waals surface area (Å²) in [7, 11) is 3.57. The van der Waals surface area contributed by atoms with Gasteiger partial charge in [-0.15, -0.1) is 24.8 Å². The minimum absolute atomic E-state index is 0. The van der Waals surface area contributed by atoms with Crippen LogP contribution in [0.1, 0.15) is 28.4 Å². The summed E-state index contributed by atoms with van der Waals surface area (Å²) >= 11 is 6.02. The van der Waals surface area contributed by atoms with Crippen LogP contribution in [0.2, 0.25) is 5.02 Å². The van der Waals surface area contributed by atoms with Crippen molar-refractivity contribution in [3.63, 3.8) is 0 Å². The zero-order valence-electron chi connectivity index (χ0n) is 15.6. The minimum Gasteiger partial charge on any atom is -0.496 e. The van der Waals surface area contributed by atoms with E-state index in [-0.39, 0.29) is 30.7 Å². The van der Waals surface area contributed by atoms with Gasteiger partial charge in [-0.05, 0) is 30.8 Å². The maximum Gasteiger partial charge on any atom is 0.255 e. The lowest BCUT2D eigenvalue weighted by Gasteiger charge is -2.15. The van der Waals surface area contributed by atoms with Gasteiger partial charge in [-0.1, -0.05) is 42.8 Å². The number of anilines is 1. The molecule has 3 N–H and O–H groups in total. The predicted octanol–water partition coefficient (Wildman–Crippen LogP) is 4.16. The Hall–Kier alpha value is -1.66. The number of nitrogens with zero attached hydrogens (tertiary/aromatic N) is 1. The van der Waals surface area contributed by atoms with E-state index in [1.54, 1.807) is 6.07 Å². The summed E-state index contributed by atoms with van der Waals surface area (Å²) in [5, 5.41) is 3.23. The van der Waals surface area contributed by atoms with Crippen molar-refractivity contribution in [1.82, 2.24) is 10.2 Å². The first-order valence-electron chi connectivity index (χ1n) is 8.12. The molecule has 0 atom stereocenters. The molecule has 0 saturated heterocycles. The van der Waals surface area contributed by atoms with Crippen molar-refractivity contribution in [3.8, 4) is 5.75 Å². The number of carbonyl (C=O) groups excluding carboxylic acids is 1. The van der Waals surface area contributed by atoms with Gasteiger partial charge < -0.3 is 20.7 Å². The number of amides is 1. The summed E-state index contributed by atoms with van der Waals surface area (Å²) < 4.78 is 5.22. The summed E-state index contributed by atoms with van der Waals surface area (Å²) in [4.78, 5) is 14.7. The molecule has 8 heteroatoms. The number of hydrogen-bond acceptors (Lipinski definition) is 4. The molecule has 0 saturated carbocycles. The van der Waals surface area contributed by atoms with Crippen molar-refractivity contribution < 1.29 is 9.53 Å². The Bertz CT molecular complexity index is 757. The van der Waals surface area contributed by atoms with Crippen molar-refractivity contribution in [1.29, 1.82) is 0 Å². The standard InChI is InChI=1S/C19H24ClN3O2.2ClH/c1-4-23(2)12-14-7-5-6-13(8-14)11-22-19(24)15-9-16(20)17(21)10-18(15)25-3;;/h5-10H,4,11-12,21H2,1-3H3,(H,22,24);2*1H. The van der Waals surface area contributed by atoms with Crippen LogP contribution in [0.3, 0.4) is 0 Å². The second-order valence-electron chi connectivity index (χ2n) is 5.91. The van der Waals surface area contributed by atoms with E-state index >= 15 is 0 Å². The number of methoxy groups -OCH3 is 1. The average Bonchev–Trinajstić information content (AvgIpc) is 2.61. The Morgan fingerprint density at radius 3 is 2.52 bits per heavy atom. The van der Waals surface area contributed by atoms with Gasteiger partial charge in [0.25, 0.3) is 5.91 Å². The van der Waals surface area contributed by atoms with E-state index in [0.717, 1.165) is 18.7 Å². The van der Waals surface area contributed by atoms with Gasteiger partial charge in [0.05, 0.1) is 23.4 Å². The zero-order chi connectivity index (χ0) is 18.4. The van der Waals surface area contributed by atoms with Crippen LogP contribution in [-0.2, 0) is 13.1 Å². The maximum absolute atomic E-state index is 12.5. The van der Waals surface area contributed by atoms with Gasteiger partial charge in [0.2, 0.25) is 0 Å². The normalized spacial score (nSPS) is 9.96. The van der Waals surface area contributed by atoms with Crippen LogP contribution in [0.25, 0.3) is 0 Å². The van der Waals surface area contributed by atoms with Crippen LogP contribution >= 0.6 is 36.4 Å². The highest BCUT2D eigenvalue weighted by atomic mass is 35.5. The van der Waals surface area contributed by atoms with Crippen LogP contribution in [-0.4, -0.2) is 31.5 Å². The summed E-state index contributed by atoms with van der Waals surface area (Å²) in [6, 6.07) is 11.2. The molecule has 2 rings (SSSR count). The number of halogens is 3. The molecule has 0 heterocycles. The topological polar surface area (TPSA) is 67.6 Å². The molecule has 5 nitrogen and oxygen atoms in total. The second-order valence-corrected chi connectivity index (χ2v) is 6.31. The number of nitrogen functional groups attached to an aromatic ring is 1. The number of nitrogens with one attached hydrogen (secondary N) is 1. The van der Waals surface area contributed by atoms with Crippen molar-refractivity contribution in [2.75, 3.05) is 26.4 Å². The van der Waals surface area contributed by atoms with Crippen molar-refractivity contribution in [2.24, 2.45) is 0 Å². The largest absolute Gasteiger partial charge is 0.496 e. The fourth-order valence-corrected chi connectivity index (χ4v) is 2.62. The molecule has 0 bridgehead atoms. The quantitative estimate of drug-likeness (QED) is 0.642. The summed E-state index contributed by atoms with van der Waals surface area (Å²) in [6.07, 6.45) is 0. The molecule has 0 spiro atoms. The molecule has 0 fully saturated rings. The van der Waals surface area contributed by atoms with Crippen molar-refractivity contribution in [2.45, 2.75) is 20.0 Å². The molecular weight excluding hydrogens is 409 g/mol. The molecule has 0 aliphatic carbocycles. The fraction of sp³-hybridized carbons (Fsp3) is 0.316. The second kappa shape index (κ2) is 11.9. The van der Waals surface area contributed by atoms with E-state index in [1.807, 2.05) is 12.1 Å². The van der Waals surface area contributed by atoms with Crippen LogP contribution in [0.15, 0.2) is 36.4 Å². The number of nitrogens with two attached hydrogens (primary N) is 1. The highest BCUT2D eigenvalue weighted by Crippen LogP contribution is 2.28. The molecule has 1 amide bonds. The van der Waals surface area contributed by atoms with Gasteiger partial charge in [0, 0.05) is 19.2 Å². The highest BCUT2D eigenvalue weighted by molar-refractivity contribution is 6.33. The number of ether oxygens (including phenoxy) is 1. The monoisotopic (exact) mass is 433 g/mol. The number of hydrogen-bond donors (Lipinski definition) is 2. The fourth-order valence-electron chi connectivity index (χ4n) is 2.45. The van der Waals surface area contributed by atoms with Gasteiger partial charge in [0.15, 0.2) is 0 Å². The first kappa shape index (κ1) is 25.3. The van der Waals surface area contributed by atoms with Gasteiger partial charge in [-0.25, -0.2) is 0 Å². The van der Waals surface area contributed by atoms with E-state index in [1.165, 1.54) is 18.7 Å². The molecule has 0 radical (unpaired) electrons. The van der Waals surface area contributed by atoms with Crippen LogP contribution < -0.4 is 15.8 Å². The predicted molar refractivity (Wildman–Crippen MR) is 117 cm³/mol. The van der Waals surface area contributed by atoms with Gasteiger partial charge >= 0.3 is 0 Å². The third-order valence-corrected chi connectivity index (χ3v) is 4.33. The SMILES string of the molecule is CCN(C)Cc1cccc(CNC(=O)c2cc(Cl)c(N)cc2OC)c1.Cl.Cl. The van der Waals surface area contributed by atoms with E-state index in [9.17, 15) is 4.79 Å². The van der Waals surface area contributed by atoms with Crippen LogP contribution in [0, 0.1) is 0 Å². The molecule has 27 heavy (non-hydrogen) atoms. The molecule has 0 aromatic heterocycles. The number of rotatable bonds is 7. The zero-order valence-corrected chi connectivity index (χ0v) is 18.0. The Morgan fingerprint density at radius 1 is 1.22 bits per heavy atom. The van der Waals surface area contributed by atoms with E-state index in [4.69, 9.17) is 22.1 Å². The molecule has 0 unspecified atom stereocenters. The van der Waals surface area contributed by atoms with E-state index < -0.39 is 0 Å². The third-order valence-electron chi connectivity index (χ3n) is 4.00. The average molecular weight is 435 g/mol. The van der Waals surface area contributed by atoms with Gasteiger partial charge in [0.1, 0.15) is 5.75 Å². The van der Waals surface area contributed by atoms with Crippen LogP contribution in [0.5, 0.6) is 5.75 Å². The molecule has 150 valence electrons. The van der Waals surface area contributed by atoms with E-state index in [0.29, 0.717) is 28.6 Å². The molecule has 2 aromatic carbocycles. The molecule has 0 aliphatic rings. The smallest absolute Gasteiger partial charge is 0.255 e. The molecule has 2 aromatic rings. The van der Waals surface area contributed by atoms with Crippen molar-refractivity contribution >= 4 is 48.0 Å². The van der Waals surface area contributed by atoms with E-state index in [2.05, 4.69) is 36.3 Å². The lowest BCUT2D eigenvalue weighted by molar-refractivity contribution is 0.0948. The number of carbonyl (C=O) groups is 1. The first-order valence-corrected chi connectivity index (χ1v) is 8.50. The first-order chi connectivity index (χ1) is 11.9. The lowest BCUT2D eigenvalue weighted by Crippen LogP contribution is -2.23. The van der Waals surface area contributed by atoms with Crippen molar-refractivity contribution in [3.05, 3.63) is 58.1 Å². The van der Waals surface area contributed by atoms with Gasteiger partial charge in [-0.2, -0.15) is 0 Å². The molecular formula is C19H26Cl3N3O2. The van der Waals surface area contributed by atoms with Gasteiger partial charge in [-0.3, -0.25) is 4.79 Å². The maximum atomic E-state index is 12.5. The number of benzene rings is 2. The Balaban J connectivity index is 0.00000338. The Kier molecular flexibility index (Phi) is 11.2. The lowest BCUT2D eigenvalue weighted by atomic mass is 10.1. The molecule has 0 aliphatic heterocycles.